The average molecular weight is 768 g/mol. The minimum absolute atomic E-state index is 0.0959. The Morgan fingerprint density at radius 2 is 0.750 bits per heavy atom. The van der Waals surface area contributed by atoms with Crippen molar-refractivity contribution in [2.45, 2.75) is 62.2 Å². The Hall–Kier alpha value is -6.57. The van der Waals surface area contributed by atoms with Crippen molar-refractivity contribution in [3.8, 4) is 67.0 Å². The lowest BCUT2D eigenvalue weighted by Crippen LogP contribution is -2.20. The van der Waals surface area contributed by atoms with E-state index in [9.17, 15) is 0 Å². The third-order valence-corrected chi connectivity index (χ3v) is 15.2. The fourth-order valence-corrected chi connectivity index (χ4v) is 12.6. The maximum absolute atomic E-state index is 5.28. The van der Waals surface area contributed by atoms with E-state index in [0.717, 1.165) is 22.5 Å². The van der Waals surface area contributed by atoms with Crippen molar-refractivity contribution in [1.82, 2.24) is 4.98 Å². The lowest BCUT2D eigenvalue weighted by atomic mass is 9.75. The van der Waals surface area contributed by atoms with E-state index in [1.807, 2.05) is 0 Å². The first kappa shape index (κ1) is 34.3. The van der Waals surface area contributed by atoms with Gasteiger partial charge in [-0.15, -0.1) is 0 Å². The Labute approximate surface area is 352 Å². The van der Waals surface area contributed by atoms with Crippen molar-refractivity contribution in [2.24, 2.45) is 0 Å². The standard InChI is InChI=1S/C59H45N/c1-2-15-38(16-3-1)54-23-14-24-55(60-54)39-25-30-48-49(35-39)57(41-27-29-45-43-18-7-9-22-51(43)59(53(45)37-41)33-12-13-34-59)47-20-5-4-19-46(47)56(48)40-26-28-44-42-17-6-8-21-50(42)58(52(44)36-40)31-10-11-32-58/h1-9,14-30,35-37H,10-13,31-34H2. The Balaban J connectivity index is 1.08. The van der Waals surface area contributed by atoms with Crippen LogP contribution in [0, 0.1) is 0 Å². The summed E-state index contributed by atoms with van der Waals surface area (Å²) in [5.41, 5.74) is 21.5. The molecule has 286 valence electrons. The molecular formula is C59H45N. The number of hydrogen-bond acceptors (Lipinski definition) is 1. The van der Waals surface area contributed by atoms with Gasteiger partial charge in [0.1, 0.15) is 0 Å². The highest BCUT2D eigenvalue weighted by molar-refractivity contribution is 6.22. The van der Waals surface area contributed by atoms with E-state index >= 15 is 0 Å². The van der Waals surface area contributed by atoms with Crippen LogP contribution in [0.1, 0.15) is 73.6 Å². The van der Waals surface area contributed by atoms with Crippen molar-refractivity contribution in [1.29, 1.82) is 0 Å². The largest absolute Gasteiger partial charge is 0.248 e. The molecule has 8 aromatic carbocycles. The third kappa shape index (κ3) is 4.78. The zero-order valence-electron chi connectivity index (χ0n) is 33.8. The Kier molecular flexibility index (Phi) is 7.41. The summed E-state index contributed by atoms with van der Waals surface area (Å²) in [5, 5.41) is 5.19. The summed E-state index contributed by atoms with van der Waals surface area (Å²) < 4.78 is 0. The maximum Gasteiger partial charge on any atom is 0.0709 e. The molecule has 0 saturated heterocycles. The summed E-state index contributed by atoms with van der Waals surface area (Å²) in [6.07, 6.45) is 10.0. The predicted octanol–water partition coefficient (Wildman–Crippen LogP) is 15.7. The van der Waals surface area contributed by atoms with E-state index in [-0.39, 0.29) is 10.8 Å². The highest BCUT2D eigenvalue weighted by Gasteiger charge is 2.46. The lowest BCUT2D eigenvalue weighted by Gasteiger charge is -2.28. The highest BCUT2D eigenvalue weighted by atomic mass is 14.7. The molecule has 0 aliphatic heterocycles. The number of pyridine rings is 1. The van der Waals surface area contributed by atoms with Gasteiger partial charge in [0.05, 0.1) is 11.4 Å². The van der Waals surface area contributed by atoms with Gasteiger partial charge in [0, 0.05) is 22.0 Å². The first-order valence-electron chi connectivity index (χ1n) is 22.2. The van der Waals surface area contributed by atoms with E-state index < -0.39 is 0 Å². The number of rotatable bonds is 4. The Bertz CT molecular complexity index is 3210. The molecule has 0 unspecified atom stereocenters. The molecule has 0 atom stereocenters. The van der Waals surface area contributed by atoms with Crippen molar-refractivity contribution < 1.29 is 0 Å². The van der Waals surface area contributed by atoms with Gasteiger partial charge >= 0.3 is 0 Å². The first-order valence-corrected chi connectivity index (χ1v) is 22.2. The van der Waals surface area contributed by atoms with Crippen LogP contribution in [0.5, 0.6) is 0 Å². The van der Waals surface area contributed by atoms with Gasteiger partial charge in [-0.05, 0) is 144 Å². The third-order valence-electron chi connectivity index (χ3n) is 15.2. The predicted molar refractivity (Wildman–Crippen MR) is 250 cm³/mol. The molecule has 1 heterocycles. The molecule has 2 spiro atoms. The number of nitrogens with zero attached hydrogens (tertiary/aromatic N) is 1. The molecule has 0 N–H and O–H groups in total. The van der Waals surface area contributed by atoms with E-state index in [1.54, 1.807) is 0 Å². The molecule has 4 aliphatic rings. The zero-order chi connectivity index (χ0) is 39.4. The van der Waals surface area contributed by atoms with Crippen molar-refractivity contribution in [3.05, 3.63) is 198 Å². The second-order valence-corrected chi connectivity index (χ2v) is 18.0. The van der Waals surface area contributed by atoms with Crippen LogP contribution in [0.3, 0.4) is 0 Å². The molecule has 0 amide bonds. The van der Waals surface area contributed by atoms with Crippen LogP contribution in [0.25, 0.3) is 88.6 Å². The van der Waals surface area contributed by atoms with Crippen molar-refractivity contribution >= 4 is 21.5 Å². The van der Waals surface area contributed by atoms with E-state index in [0.29, 0.717) is 0 Å². The topological polar surface area (TPSA) is 12.9 Å². The van der Waals surface area contributed by atoms with Crippen LogP contribution in [-0.4, -0.2) is 4.98 Å². The minimum atomic E-state index is 0.0959. The summed E-state index contributed by atoms with van der Waals surface area (Å²) in [5.74, 6) is 0. The van der Waals surface area contributed by atoms with E-state index in [1.165, 1.54) is 140 Å². The summed E-state index contributed by atoms with van der Waals surface area (Å²) in [7, 11) is 0. The van der Waals surface area contributed by atoms with E-state index in [4.69, 9.17) is 4.98 Å². The SMILES string of the molecule is c1ccc(-c2cccc(-c3ccc4c(-c5ccc6c(c5)C5(CCCC5)c5ccccc5-6)c5ccccc5c(-c5ccc6c(c5)C5(CCCC5)c5ccccc5-6)c4c3)n2)cc1. The van der Waals surface area contributed by atoms with Gasteiger partial charge in [0.25, 0.3) is 0 Å². The van der Waals surface area contributed by atoms with Crippen LogP contribution in [0.2, 0.25) is 0 Å². The summed E-state index contributed by atoms with van der Waals surface area (Å²) in [6.45, 7) is 0. The van der Waals surface area contributed by atoms with Crippen molar-refractivity contribution in [2.75, 3.05) is 0 Å². The average Bonchev–Trinajstić information content (AvgIpc) is 4.12. The highest BCUT2D eigenvalue weighted by Crippen LogP contribution is 2.60. The summed E-state index contributed by atoms with van der Waals surface area (Å²) in [6, 6.07) is 66.8. The summed E-state index contributed by atoms with van der Waals surface area (Å²) >= 11 is 0. The number of fused-ring (bicyclic) bond motifs is 12. The van der Waals surface area contributed by atoms with Crippen molar-refractivity contribution in [3.63, 3.8) is 0 Å². The smallest absolute Gasteiger partial charge is 0.0709 e. The monoisotopic (exact) mass is 767 g/mol. The maximum atomic E-state index is 5.28. The number of hydrogen-bond donors (Lipinski definition) is 0. The molecule has 0 bridgehead atoms. The van der Waals surface area contributed by atoms with Gasteiger partial charge in [-0.2, -0.15) is 0 Å². The minimum Gasteiger partial charge on any atom is -0.248 e. The Morgan fingerprint density at radius 1 is 0.300 bits per heavy atom. The fourth-order valence-electron chi connectivity index (χ4n) is 12.6. The zero-order valence-corrected chi connectivity index (χ0v) is 33.8. The number of aromatic nitrogens is 1. The Morgan fingerprint density at radius 3 is 1.33 bits per heavy atom. The first-order chi connectivity index (χ1) is 29.7. The van der Waals surface area contributed by atoms with Crippen LogP contribution in [0.4, 0.5) is 0 Å². The van der Waals surface area contributed by atoms with Gasteiger partial charge in [-0.25, -0.2) is 4.98 Å². The fraction of sp³-hybridized carbons (Fsp3) is 0.169. The van der Waals surface area contributed by atoms with Gasteiger partial charge in [0.2, 0.25) is 0 Å². The number of benzene rings is 8. The molecule has 9 aromatic rings. The van der Waals surface area contributed by atoms with Gasteiger partial charge in [0.15, 0.2) is 0 Å². The molecule has 1 aromatic heterocycles. The molecule has 60 heavy (non-hydrogen) atoms. The molecule has 2 saturated carbocycles. The van der Waals surface area contributed by atoms with Crippen LogP contribution < -0.4 is 0 Å². The molecule has 1 nitrogen and oxygen atoms in total. The second kappa shape index (κ2) is 13.0. The molecule has 4 aliphatic carbocycles. The molecule has 1 heteroatoms. The quantitative estimate of drug-likeness (QED) is 0.163. The summed E-state index contributed by atoms with van der Waals surface area (Å²) in [4.78, 5) is 5.28. The second-order valence-electron chi connectivity index (χ2n) is 18.0. The molecular weight excluding hydrogens is 723 g/mol. The molecule has 13 rings (SSSR count). The van der Waals surface area contributed by atoms with Gasteiger partial charge < -0.3 is 0 Å². The lowest BCUT2D eigenvalue weighted by molar-refractivity contribution is 0.550. The van der Waals surface area contributed by atoms with Gasteiger partial charge in [-0.1, -0.05) is 171 Å². The van der Waals surface area contributed by atoms with E-state index in [2.05, 4.69) is 176 Å². The normalized spacial score (nSPS) is 16.4. The molecule has 2 fully saturated rings. The molecule has 0 radical (unpaired) electrons. The van der Waals surface area contributed by atoms with Gasteiger partial charge in [-0.3, -0.25) is 0 Å². The van der Waals surface area contributed by atoms with Crippen LogP contribution in [0.15, 0.2) is 176 Å². The van der Waals surface area contributed by atoms with Crippen LogP contribution >= 0.6 is 0 Å². The van der Waals surface area contributed by atoms with Crippen LogP contribution in [-0.2, 0) is 10.8 Å².